The van der Waals surface area contributed by atoms with E-state index in [2.05, 4.69) is 17.0 Å². The van der Waals surface area contributed by atoms with Crippen LogP contribution in [0.2, 0.25) is 0 Å². The van der Waals surface area contributed by atoms with Crippen LogP contribution in [0.4, 0.5) is 8.78 Å². The summed E-state index contributed by atoms with van der Waals surface area (Å²) in [5.74, 6) is -2.65. The molecule has 38 heavy (non-hydrogen) atoms. The van der Waals surface area contributed by atoms with Gasteiger partial charge in [-0.15, -0.1) is 0 Å². The SMILES string of the molecule is C[C@]12C=CC(=O)C=C1[C@@H](F)C[C@H]1[C@@H]3C[C@H]4CN(CCCc5ccccc5)C[C@]4(C(=O)O)[C@@]3(C)C[C@H](O)[C@@]12F. The van der Waals surface area contributed by atoms with Crippen molar-refractivity contribution < 1.29 is 28.6 Å². The van der Waals surface area contributed by atoms with E-state index in [9.17, 15) is 19.8 Å². The molecule has 9 atom stereocenters. The van der Waals surface area contributed by atoms with E-state index in [0.29, 0.717) is 19.5 Å². The minimum absolute atomic E-state index is 0.00688. The van der Waals surface area contributed by atoms with Crippen LogP contribution in [0.15, 0.2) is 54.1 Å². The highest BCUT2D eigenvalue weighted by Gasteiger charge is 2.78. The summed E-state index contributed by atoms with van der Waals surface area (Å²) >= 11 is 0. The van der Waals surface area contributed by atoms with Crippen LogP contribution in [0.1, 0.15) is 45.1 Å². The summed E-state index contributed by atoms with van der Waals surface area (Å²) in [7, 11) is 0. The van der Waals surface area contributed by atoms with Crippen LogP contribution in [0.5, 0.6) is 0 Å². The van der Waals surface area contributed by atoms with Crippen LogP contribution in [0.3, 0.4) is 0 Å². The van der Waals surface area contributed by atoms with Gasteiger partial charge < -0.3 is 15.1 Å². The molecular formula is C31H37F2NO4. The molecule has 0 bridgehead atoms. The number of carbonyl (C=O) groups is 2. The second-order valence-corrected chi connectivity index (χ2v) is 12.9. The monoisotopic (exact) mass is 525 g/mol. The number of nitrogens with zero attached hydrogens (tertiary/aromatic N) is 1. The average molecular weight is 526 g/mol. The fraction of sp³-hybridized carbons (Fsp3) is 0.613. The molecule has 6 rings (SSSR count). The van der Waals surface area contributed by atoms with Crippen molar-refractivity contribution in [2.24, 2.45) is 34.0 Å². The Bertz CT molecular complexity index is 1220. The number of ketones is 1. The van der Waals surface area contributed by atoms with Crippen molar-refractivity contribution in [1.29, 1.82) is 0 Å². The number of carboxylic acid groups (broad SMARTS) is 1. The third-order valence-electron chi connectivity index (χ3n) is 11.4. The zero-order valence-corrected chi connectivity index (χ0v) is 22.1. The van der Waals surface area contributed by atoms with Crippen LogP contribution >= 0.6 is 0 Å². The highest BCUT2D eigenvalue weighted by atomic mass is 19.1. The number of aliphatic carboxylic acids is 1. The minimum Gasteiger partial charge on any atom is -0.481 e. The molecule has 0 amide bonds. The Hall–Kier alpha value is -2.38. The Labute approximate surface area is 222 Å². The number of aliphatic hydroxyl groups excluding tert-OH is 1. The molecule has 4 aliphatic carbocycles. The van der Waals surface area contributed by atoms with Crippen LogP contribution in [-0.2, 0) is 16.0 Å². The molecule has 3 saturated carbocycles. The lowest BCUT2D eigenvalue weighted by atomic mass is 9.43. The Balaban J connectivity index is 1.30. The quantitative estimate of drug-likeness (QED) is 0.590. The molecule has 1 aromatic carbocycles. The fourth-order valence-electron chi connectivity index (χ4n) is 9.55. The van der Waals surface area contributed by atoms with Crippen LogP contribution < -0.4 is 0 Å². The zero-order chi connectivity index (χ0) is 27.1. The largest absolute Gasteiger partial charge is 0.481 e. The van der Waals surface area contributed by atoms with Crippen molar-refractivity contribution in [3.8, 4) is 0 Å². The third kappa shape index (κ3) is 3.21. The summed E-state index contributed by atoms with van der Waals surface area (Å²) in [4.78, 5) is 27.4. The molecule has 0 radical (unpaired) electrons. The van der Waals surface area contributed by atoms with Gasteiger partial charge in [0.05, 0.1) is 11.5 Å². The number of halogens is 2. The molecule has 5 aliphatic rings. The number of rotatable bonds is 5. The number of carbonyl (C=O) groups excluding carboxylic acids is 1. The smallest absolute Gasteiger partial charge is 0.311 e. The fourth-order valence-corrected chi connectivity index (χ4v) is 9.55. The summed E-state index contributed by atoms with van der Waals surface area (Å²) in [6.45, 7) is 5.25. The van der Waals surface area contributed by atoms with Crippen molar-refractivity contribution in [2.75, 3.05) is 19.6 Å². The highest BCUT2D eigenvalue weighted by molar-refractivity contribution is 6.01. The summed E-state index contributed by atoms with van der Waals surface area (Å²) in [5.41, 5.74) is -4.25. The summed E-state index contributed by atoms with van der Waals surface area (Å²) < 4.78 is 33.0. The predicted octanol–water partition coefficient (Wildman–Crippen LogP) is 4.55. The molecule has 0 spiro atoms. The maximum absolute atomic E-state index is 17.4. The molecule has 204 valence electrons. The number of aryl methyl sites for hydroxylation is 1. The van der Waals surface area contributed by atoms with Crippen LogP contribution in [-0.4, -0.2) is 64.4 Å². The van der Waals surface area contributed by atoms with Crippen LogP contribution in [0.25, 0.3) is 0 Å². The number of allylic oxidation sites excluding steroid dienone is 4. The lowest BCUT2D eigenvalue weighted by molar-refractivity contribution is -0.215. The summed E-state index contributed by atoms with van der Waals surface area (Å²) in [6, 6.07) is 10.2. The molecule has 2 N–H and O–H groups in total. The first-order valence-corrected chi connectivity index (χ1v) is 13.9. The van der Waals surface area contributed by atoms with Crippen molar-refractivity contribution >= 4 is 11.8 Å². The van der Waals surface area contributed by atoms with Gasteiger partial charge in [-0.05, 0) is 86.1 Å². The molecular weight excluding hydrogens is 488 g/mol. The number of carboxylic acids is 1. The van der Waals surface area contributed by atoms with Crippen molar-refractivity contribution in [3.63, 3.8) is 0 Å². The highest BCUT2D eigenvalue weighted by Crippen LogP contribution is 2.74. The van der Waals surface area contributed by atoms with Gasteiger partial charge in [-0.25, -0.2) is 8.78 Å². The molecule has 1 aromatic rings. The van der Waals surface area contributed by atoms with E-state index in [1.807, 2.05) is 25.1 Å². The van der Waals surface area contributed by atoms with E-state index >= 15 is 8.78 Å². The predicted molar refractivity (Wildman–Crippen MR) is 139 cm³/mol. The lowest BCUT2D eigenvalue weighted by Crippen LogP contribution is -2.69. The van der Waals surface area contributed by atoms with Gasteiger partial charge in [0, 0.05) is 24.4 Å². The zero-order valence-electron chi connectivity index (χ0n) is 22.1. The minimum atomic E-state index is -2.17. The second-order valence-electron chi connectivity index (χ2n) is 12.9. The molecule has 1 aliphatic heterocycles. The maximum atomic E-state index is 17.4. The molecule has 1 saturated heterocycles. The Morgan fingerprint density at radius 3 is 2.61 bits per heavy atom. The van der Waals surface area contributed by atoms with E-state index in [-0.39, 0.29) is 36.0 Å². The average Bonchev–Trinajstić information content (AvgIpc) is 3.36. The van der Waals surface area contributed by atoms with Crippen molar-refractivity contribution in [2.45, 2.75) is 63.9 Å². The summed E-state index contributed by atoms with van der Waals surface area (Å²) in [5, 5.41) is 22.3. The molecule has 1 heterocycles. The first-order chi connectivity index (χ1) is 18.0. The number of alkyl halides is 2. The van der Waals surface area contributed by atoms with E-state index in [0.717, 1.165) is 19.4 Å². The standard InChI is InChI=1S/C31H37F2NO4/c1-28-11-10-21(35)14-24(28)25(32)15-23-22-13-20-17-34(12-6-9-19-7-4-3-5-8-19)18-30(20,27(37)38)29(22,2)16-26(36)31(23,28)33/h3-5,7-8,10-11,14,20,22-23,25-26,36H,6,9,12-13,15-18H2,1-2H3,(H,37,38)/t20-,22-,23-,25-,26-,28-,29-,30-,31-/m0/s1. The molecule has 5 nitrogen and oxygen atoms in total. The van der Waals surface area contributed by atoms with Gasteiger partial charge in [0.25, 0.3) is 0 Å². The number of fused-ring (bicyclic) bond motifs is 7. The second kappa shape index (κ2) is 8.56. The first kappa shape index (κ1) is 25.9. The molecule has 0 aromatic heterocycles. The summed E-state index contributed by atoms with van der Waals surface area (Å²) in [6.07, 6.45) is 3.13. The van der Waals surface area contributed by atoms with E-state index < -0.39 is 46.1 Å². The van der Waals surface area contributed by atoms with E-state index in [1.54, 1.807) is 6.92 Å². The van der Waals surface area contributed by atoms with Gasteiger partial charge in [-0.2, -0.15) is 0 Å². The lowest BCUT2D eigenvalue weighted by Gasteiger charge is -2.63. The van der Waals surface area contributed by atoms with Gasteiger partial charge >= 0.3 is 5.97 Å². The maximum Gasteiger partial charge on any atom is 0.311 e. The Morgan fingerprint density at radius 2 is 1.89 bits per heavy atom. The number of benzene rings is 1. The van der Waals surface area contributed by atoms with Gasteiger partial charge in [0.2, 0.25) is 0 Å². The number of hydrogen-bond acceptors (Lipinski definition) is 4. The molecule has 4 fully saturated rings. The number of aliphatic hydroxyl groups is 1. The normalized spacial score (nSPS) is 45.7. The van der Waals surface area contributed by atoms with Gasteiger partial charge in [-0.1, -0.05) is 43.3 Å². The van der Waals surface area contributed by atoms with Crippen molar-refractivity contribution in [3.05, 3.63) is 59.7 Å². The van der Waals surface area contributed by atoms with Crippen LogP contribution in [0, 0.1) is 34.0 Å². The van der Waals surface area contributed by atoms with Gasteiger partial charge in [-0.3, -0.25) is 9.59 Å². The van der Waals surface area contributed by atoms with Gasteiger partial charge in [0.15, 0.2) is 11.5 Å². The topological polar surface area (TPSA) is 77.8 Å². The molecule has 7 heteroatoms. The molecule has 0 unspecified atom stereocenters. The van der Waals surface area contributed by atoms with E-state index in [4.69, 9.17) is 0 Å². The Morgan fingerprint density at radius 1 is 1.16 bits per heavy atom. The Kier molecular flexibility index (Phi) is 5.83. The number of hydrogen-bond donors (Lipinski definition) is 2. The number of likely N-dealkylation sites (tertiary alicyclic amines) is 1. The third-order valence-corrected chi connectivity index (χ3v) is 11.4. The van der Waals surface area contributed by atoms with Gasteiger partial charge in [0.1, 0.15) is 6.17 Å². The van der Waals surface area contributed by atoms with Crippen molar-refractivity contribution in [1.82, 2.24) is 4.90 Å². The first-order valence-electron chi connectivity index (χ1n) is 13.9. The van der Waals surface area contributed by atoms with E-state index in [1.165, 1.54) is 23.8 Å².